The first-order valence-corrected chi connectivity index (χ1v) is 8.93. The molecule has 2 fully saturated rings. The predicted octanol–water partition coefficient (Wildman–Crippen LogP) is 1.24. The van der Waals surface area contributed by atoms with Crippen molar-refractivity contribution in [1.82, 2.24) is 9.62 Å². The van der Waals surface area contributed by atoms with E-state index in [0.717, 1.165) is 25.3 Å². The molecule has 0 unspecified atom stereocenters. The van der Waals surface area contributed by atoms with Crippen molar-refractivity contribution in [1.29, 1.82) is 0 Å². The Morgan fingerprint density at radius 1 is 1.20 bits per heavy atom. The van der Waals surface area contributed by atoms with Gasteiger partial charge in [-0.05, 0) is 44.6 Å². The van der Waals surface area contributed by atoms with Crippen molar-refractivity contribution in [3.05, 3.63) is 0 Å². The van der Waals surface area contributed by atoms with Gasteiger partial charge in [-0.3, -0.25) is 0 Å². The summed E-state index contributed by atoms with van der Waals surface area (Å²) in [4.78, 5) is 0. The average Bonchev–Trinajstić information content (AvgIpc) is 3.21. The molecule has 1 saturated heterocycles. The van der Waals surface area contributed by atoms with Crippen LogP contribution in [0.15, 0.2) is 0 Å². The highest BCUT2D eigenvalue weighted by Gasteiger charge is 2.28. The van der Waals surface area contributed by atoms with E-state index in [-0.39, 0.29) is 18.2 Å². The number of hydrogen-bond acceptors (Lipinski definition) is 4. The average molecular weight is 327 g/mol. The van der Waals surface area contributed by atoms with Crippen molar-refractivity contribution in [3.63, 3.8) is 0 Å². The topological polar surface area (TPSA) is 58.6 Å². The zero-order chi connectivity index (χ0) is 13.7. The Morgan fingerprint density at radius 3 is 2.40 bits per heavy atom. The summed E-state index contributed by atoms with van der Waals surface area (Å²) in [5.74, 6) is 1.09. The van der Waals surface area contributed by atoms with Gasteiger partial charge in [0.05, 0.1) is 5.75 Å². The fraction of sp³-hybridized carbons (Fsp3) is 1.00. The van der Waals surface area contributed by atoms with Gasteiger partial charge in [0, 0.05) is 32.8 Å². The van der Waals surface area contributed by atoms with Gasteiger partial charge in [0.1, 0.15) is 0 Å². The highest BCUT2D eigenvalue weighted by Crippen LogP contribution is 2.28. The molecule has 1 aliphatic heterocycles. The molecular weight excluding hydrogens is 300 g/mol. The number of nitrogens with zero attached hydrogens (tertiary/aromatic N) is 1. The molecule has 0 atom stereocenters. The molecule has 1 heterocycles. The van der Waals surface area contributed by atoms with Crippen LogP contribution in [0.1, 0.15) is 32.1 Å². The lowest BCUT2D eigenvalue weighted by molar-refractivity contribution is 0.199. The molecule has 20 heavy (non-hydrogen) atoms. The van der Waals surface area contributed by atoms with Crippen LogP contribution in [0, 0.1) is 5.92 Å². The highest BCUT2D eigenvalue weighted by atomic mass is 35.5. The lowest BCUT2D eigenvalue weighted by atomic mass is 10.1. The number of rotatable bonds is 8. The molecule has 0 radical (unpaired) electrons. The third kappa shape index (κ3) is 5.85. The second-order valence-electron chi connectivity index (χ2n) is 5.69. The minimum atomic E-state index is -3.07. The van der Waals surface area contributed by atoms with Crippen LogP contribution in [-0.2, 0) is 14.8 Å². The second-order valence-corrected chi connectivity index (χ2v) is 7.78. The molecule has 0 amide bonds. The molecule has 0 aromatic carbocycles. The van der Waals surface area contributed by atoms with E-state index in [1.165, 1.54) is 12.8 Å². The monoisotopic (exact) mass is 326 g/mol. The van der Waals surface area contributed by atoms with Crippen LogP contribution < -0.4 is 5.32 Å². The number of sulfonamides is 1. The van der Waals surface area contributed by atoms with Gasteiger partial charge in [-0.2, -0.15) is 0 Å². The lowest BCUT2D eigenvalue weighted by Gasteiger charge is -2.31. The second kappa shape index (κ2) is 8.54. The number of halogens is 1. The molecule has 1 N–H and O–H groups in total. The van der Waals surface area contributed by atoms with Gasteiger partial charge in [-0.15, -0.1) is 12.4 Å². The van der Waals surface area contributed by atoms with Crippen LogP contribution in [0.4, 0.5) is 0 Å². The van der Waals surface area contributed by atoms with Crippen LogP contribution in [0.2, 0.25) is 0 Å². The summed E-state index contributed by atoms with van der Waals surface area (Å²) in [5, 5.41) is 3.57. The number of hydrogen-bond donors (Lipinski definition) is 1. The standard InChI is InChI=1S/C13H26N2O3S.ClH/c1-18-9-2-10-19(16,17)15-7-5-13(6-8-15)14-11-12-3-4-12;/h12-14H,2-11H2,1H3;1H. The summed E-state index contributed by atoms with van der Waals surface area (Å²) in [7, 11) is -1.47. The van der Waals surface area contributed by atoms with Crippen LogP contribution >= 0.6 is 12.4 Å². The van der Waals surface area contributed by atoms with Crippen molar-refractivity contribution in [2.75, 3.05) is 39.1 Å². The SMILES string of the molecule is COCCCS(=O)(=O)N1CCC(NCC2CC2)CC1.Cl. The van der Waals surface area contributed by atoms with Crippen molar-refractivity contribution in [2.24, 2.45) is 5.92 Å². The van der Waals surface area contributed by atoms with Gasteiger partial charge in [-0.1, -0.05) is 0 Å². The molecule has 0 aromatic rings. The van der Waals surface area contributed by atoms with E-state index in [9.17, 15) is 8.42 Å². The molecule has 1 aliphatic carbocycles. The third-order valence-corrected chi connectivity index (χ3v) is 5.95. The summed E-state index contributed by atoms with van der Waals surface area (Å²) in [5.41, 5.74) is 0. The van der Waals surface area contributed by atoms with E-state index in [1.54, 1.807) is 11.4 Å². The molecule has 2 rings (SSSR count). The van der Waals surface area contributed by atoms with Crippen LogP contribution in [0.3, 0.4) is 0 Å². The Balaban J connectivity index is 0.00000200. The highest BCUT2D eigenvalue weighted by molar-refractivity contribution is 7.89. The predicted molar refractivity (Wildman–Crippen MR) is 82.8 cm³/mol. The van der Waals surface area contributed by atoms with Crippen molar-refractivity contribution in [3.8, 4) is 0 Å². The summed E-state index contributed by atoms with van der Waals surface area (Å²) in [6.45, 7) is 2.96. The van der Waals surface area contributed by atoms with Crippen LogP contribution in [-0.4, -0.2) is 57.9 Å². The molecule has 2 aliphatic rings. The number of ether oxygens (including phenoxy) is 1. The Labute approximate surface area is 128 Å². The Morgan fingerprint density at radius 2 is 1.85 bits per heavy atom. The van der Waals surface area contributed by atoms with Crippen molar-refractivity contribution < 1.29 is 13.2 Å². The van der Waals surface area contributed by atoms with Crippen LogP contribution in [0.25, 0.3) is 0 Å². The zero-order valence-electron chi connectivity index (χ0n) is 12.2. The fourth-order valence-electron chi connectivity index (χ4n) is 2.51. The molecule has 120 valence electrons. The van der Waals surface area contributed by atoms with Crippen LogP contribution in [0.5, 0.6) is 0 Å². The maximum atomic E-state index is 12.1. The molecule has 0 spiro atoms. The number of piperidine rings is 1. The number of methoxy groups -OCH3 is 1. The fourth-order valence-corrected chi connectivity index (χ4v) is 4.02. The van der Waals surface area contributed by atoms with E-state index in [2.05, 4.69) is 5.32 Å². The van der Waals surface area contributed by atoms with Gasteiger partial charge >= 0.3 is 0 Å². The largest absolute Gasteiger partial charge is 0.385 e. The quantitative estimate of drug-likeness (QED) is 0.682. The van der Waals surface area contributed by atoms with E-state index < -0.39 is 10.0 Å². The van der Waals surface area contributed by atoms with Gasteiger partial charge in [-0.25, -0.2) is 12.7 Å². The van der Waals surface area contributed by atoms with Crippen molar-refractivity contribution in [2.45, 2.75) is 38.1 Å². The summed E-state index contributed by atoms with van der Waals surface area (Å²) < 4.78 is 30.7. The van der Waals surface area contributed by atoms with E-state index in [0.29, 0.717) is 32.2 Å². The first kappa shape index (κ1) is 18.2. The minimum absolute atomic E-state index is 0. The summed E-state index contributed by atoms with van der Waals surface area (Å²) in [6.07, 6.45) is 5.19. The molecule has 7 heteroatoms. The van der Waals surface area contributed by atoms with Gasteiger partial charge in [0.15, 0.2) is 0 Å². The summed E-state index contributed by atoms with van der Waals surface area (Å²) >= 11 is 0. The maximum Gasteiger partial charge on any atom is 0.214 e. The lowest BCUT2D eigenvalue weighted by Crippen LogP contribution is -2.46. The van der Waals surface area contributed by atoms with Gasteiger partial charge in [0.25, 0.3) is 0 Å². The molecule has 0 bridgehead atoms. The van der Waals surface area contributed by atoms with Crippen molar-refractivity contribution >= 4 is 22.4 Å². The van der Waals surface area contributed by atoms with Gasteiger partial charge in [0.2, 0.25) is 10.0 Å². The zero-order valence-corrected chi connectivity index (χ0v) is 13.8. The molecule has 5 nitrogen and oxygen atoms in total. The molecule has 0 aromatic heterocycles. The Kier molecular flexibility index (Phi) is 7.75. The van der Waals surface area contributed by atoms with E-state index in [1.807, 2.05) is 0 Å². The molecular formula is C13H27ClN2O3S. The van der Waals surface area contributed by atoms with E-state index >= 15 is 0 Å². The summed E-state index contributed by atoms with van der Waals surface area (Å²) in [6, 6.07) is 0.506. The third-order valence-electron chi connectivity index (χ3n) is 3.99. The normalized spacial score (nSPS) is 21.6. The number of nitrogens with one attached hydrogen (secondary N) is 1. The first-order chi connectivity index (χ1) is 9.12. The van der Waals surface area contributed by atoms with Gasteiger partial charge < -0.3 is 10.1 Å². The van der Waals surface area contributed by atoms with E-state index in [4.69, 9.17) is 4.74 Å². The first-order valence-electron chi connectivity index (χ1n) is 7.32. The minimum Gasteiger partial charge on any atom is -0.385 e. The maximum absolute atomic E-state index is 12.1. The smallest absolute Gasteiger partial charge is 0.214 e. The Bertz CT molecular complexity index is 366. The molecule has 1 saturated carbocycles. The Hall–Kier alpha value is 0.120.